The van der Waals surface area contributed by atoms with Gasteiger partial charge in [0.15, 0.2) is 16.8 Å². The smallest absolute Gasteiger partial charge is 0.192 e. The van der Waals surface area contributed by atoms with Gasteiger partial charge in [0.1, 0.15) is 5.82 Å². The van der Waals surface area contributed by atoms with Crippen LogP contribution in [0.3, 0.4) is 0 Å². The van der Waals surface area contributed by atoms with Crippen LogP contribution >= 0.6 is 11.8 Å². The third kappa shape index (κ3) is 4.35. The van der Waals surface area contributed by atoms with E-state index in [4.69, 9.17) is 4.74 Å². The molecule has 0 aliphatic carbocycles. The van der Waals surface area contributed by atoms with Gasteiger partial charge in [0.2, 0.25) is 0 Å². The molecule has 0 spiro atoms. The lowest BCUT2D eigenvalue weighted by Gasteiger charge is -2.14. The molecule has 31 heavy (non-hydrogen) atoms. The van der Waals surface area contributed by atoms with Crippen LogP contribution in [-0.4, -0.2) is 47.7 Å². The fourth-order valence-corrected chi connectivity index (χ4v) is 4.41. The van der Waals surface area contributed by atoms with Crippen molar-refractivity contribution >= 4 is 11.8 Å². The average molecular weight is 438 g/mol. The van der Waals surface area contributed by atoms with E-state index < -0.39 is 0 Å². The van der Waals surface area contributed by atoms with E-state index in [0.717, 1.165) is 35.9 Å². The molecule has 4 aromatic rings. The molecule has 5 rings (SSSR count). The van der Waals surface area contributed by atoms with Crippen molar-refractivity contribution < 1.29 is 9.13 Å². The van der Waals surface area contributed by atoms with Crippen LogP contribution in [-0.2, 0) is 17.0 Å². The summed E-state index contributed by atoms with van der Waals surface area (Å²) in [6.45, 7) is 1.42. The van der Waals surface area contributed by atoms with Crippen LogP contribution in [0.25, 0.3) is 17.1 Å². The lowest BCUT2D eigenvalue weighted by Crippen LogP contribution is -2.16. The quantitative estimate of drug-likeness (QED) is 0.409. The van der Waals surface area contributed by atoms with Gasteiger partial charge in [-0.2, -0.15) is 4.68 Å². The Morgan fingerprint density at radius 2 is 1.87 bits per heavy atom. The number of aromatic nitrogens is 7. The van der Waals surface area contributed by atoms with E-state index in [2.05, 4.69) is 25.7 Å². The van der Waals surface area contributed by atoms with Crippen molar-refractivity contribution in [2.24, 2.45) is 0 Å². The number of hydrogen-bond donors (Lipinski definition) is 0. The highest BCUT2D eigenvalue weighted by molar-refractivity contribution is 7.98. The zero-order valence-corrected chi connectivity index (χ0v) is 17.5. The second kappa shape index (κ2) is 8.94. The Bertz CT molecular complexity index is 1140. The number of rotatable bonds is 7. The fourth-order valence-electron chi connectivity index (χ4n) is 3.56. The standard InChI is InChI=1S/C21H20FN7OS/c22-16-10-8-15(9-11-16)20-24-25-21(28(20)13-18-7-4-12-30-18)31-14-19-23-26-27-29(19)17-5-2-1-3-6-17/h1-3,5-6,8-11,18H,4,7,12-14H2/t18-/m0/s1. The summed E-state index contributed by atoms with van der Waals surface area (Å²) in [5, 5.41) is 21.7. The molecule has 1 aliphatic rings. The number of ether oxygens (including phenoxy) is 1. The minimum absolute atomic E-state index is 0.115. The average Bonchev–Trinajstić information content (AvgIpc) is 3.56. The van der Waals surface area contributed by atoms with E-state index in [-0.39, 0.29) is 11.9 Å². The Labute approximate surface area is 182 Å². The SMILES string of the molecule is Fc1ccc(-c2nnc(SCc3nnnn3-c3ccccc3)n2C[C@@H]2CCCO2)cc1. The second-order valence-corrected chi connectivity index (χ2v) is 8.13. The van der Waals surface area contributed by atoms with Gasteiger partial charge in [-0.1, -0.05) is 30.0 Å². The summed E-state index contributed by atoms with van der Waals surface area (Å²) in [4.78, 5) is 0. The van der Waals surface area contributed by atoms with Crippen LogP contribution in [0.5, 0.6) is 0 Å². The van der Waals surface area contributed by atoms with E-state index in [1.807, 2.05) is 34.9 Å². The molecule has 158 valence electrons. The van der Waals surface area contributed by atoms with Crippen molar-refractivity contribution in [3.63, 3.8) is 0 Å². The number of tetrazole rings is 1. The molecular weight excluding hydrogens is 417 g/mol. The number of thioether (sulfide) groups is 1. The first-order valence-electron chi connectivity index (χ1n) is 10.0. The summed E-state index contributed by atoms with van der Waals surface area (Å²) in [6.07, 6.45) is 2.16. The molecule has 1 saturated heterocycles. The maximum absolute atomic E-state index is 13.4. The first-order chi connectivity index (χ1) is 15.3. The predicted octanol–water partition coefficient (Wildman–Crippen LogP) is 3.53. The lowest BCUT2D eigenvalue weighted by atomic mass is 10.2. The van der Waals surface area contributed by atoms with Gasteiger partial charge in [-0.15, -0.1) is 15.3 Å². The van der Waals surface area contributed by atoms with Crippen LogP contribution in [0.1, 0.15) is 18.7 Å². The maximum Gasteiger partial charge on any atom is 0.192 e. The van der Waals surface area contributed by atoms with Gasteiger partial charge in [-0.25, -0.2) is 4.39 Å². The van der Waals surface area contributed by atoms with Gasteiger partial charge >= 0.3 is 0 Å². The van der Waals surface area contributed by atoms with Gasteiger partial charge in [-0.3, -0.25) is 4.57 Å². The molecule has 3 heterocycles. The third-order valence-electron chi connectivity index (χ3n) is 5.09. The van der Waals surface area contributed by atoms with Crippen molar-refractivity contribution in [1.82, 2.24) is 35.0 Å². The van der Waals surface area contributed by atoms with E-state index >= 15 is 0 Å². The summed E-state index contributed by atoms with van der Waals surface area (Å²) < 4.78 is 23.0. The lowest BCUT2D eigenvalue weighted by molar-refractivity contribution is 0.0953. The molecule has 1 atom stereocenters. The van der Waals surface area contributed by atoms with Crippen LogP contribution < -0.4 is 0 Å². The molecule has 0 radical (unpaired) electrons. The van der Waals surface area contributed by atoms with Crippen molar-refractivity contribution in [3.05, 3.63) is 66.2 Å². The second-order valence-electron chi connectivity index (χ2n) is 7.19. The van der Waals surface area contributed by atoms with Crippen LogP contribution in [0.4, 0.5) is 4.39 Å². The van der Waals surface area contributed by atoms with Crippen LogP contribution in [0.15, 0.2) is 59.8 Å². The van der Waals surface area contributed by atoms with Crippen molar-refractivity contribution in [3.8, 4) is 17.1 Å². The van der Waals surface area contributed by atoms with Gasteiger partial charge < -0.3 is 4.74 Å². The largest absolute Gasteiger partial charge is 0.376 e. The predicted molar refractivity (Wildman–Crippen MR) is 113 cm³/mol. The number of benzene rings is 2. The zero-order chi connectivity index (χ0) is 21.0. The number of nitrogens with zero attached hydrogens (tertiary/aromatic N) is 7. The molecule has 0 saturated carbocycles. The Morgan fingerprint density at radius 3 is 2.65 bits per heavy atom. The molecule has 2 aromatic carbocycles. The number of para-hydroxylation sites is 1. The molecule has 0 bridgehead atoms. The van der Waals surface area contributed by atoms with Gasteiger partial charge in [-0.05, 0) is 59.7 Å². The van der Waals surface area contributed by atoms with E-state index in [9.17, 15) is 4.39 Å². The zero-order valence-electron chi connectivity index (χ0n) is 16.6. The summed E-state index contributed by atoms with van der Waals surface area (Å²) in [5.74, 6) is 1.65. The normalized spacial score (nSPS) is 16.1. The van der Waals surface area contributed by atoms with Crippen molar-refractivity contribution in [2.75, 3.05) is 6.61 Å². The van der Waals surface area contributed by atoms with Crippen LogP contribution in [0, 0.1) is 5.82 Å². The number of halogens is 1. The highest BCUT2D eigenvalue weighted by atomic mass is 32.2. The van der Waals surface area contributed by atoms with Crippen molar-refractivity contribution in [2.45, 2.75) is 36.4 Å². The Kier molecular flexibility index (Phi) is 5.72. The van der Waals surface area contributed by atoms with E-state index in [1.165, 1.54) is 23.9 Å². The maximum atomic E-state index is 13.4. The Hall–Kier alpha value is -3.11. The van der Waals surface area contributed by atoms with Gasteiger partial charge in [0.05, 0.1) is 24.1 Å². The minimum atomic E-state index is -0.281. The van der Waals surface area contributed by atoms with Gasteiger partial charge in [0.25, 0.3) is 0 Å². The third-order valence-corrected chi connectivity index (χ3v) is 6.06. The fraction of sp³-hybridized carbons (Fsp3) is 0.286. The number of hydrogen-bond acceptors (Lipinski definition) is 7. The summed E-state index contributed by atoms with van der Waals surface area (Å²) >= 11 is 1.51. The van der Waals surface area contributed by atoms with Crippen molar-refractivity contribution in [1.29, 1.82) is 0 Å². The minimum Gasteiger partial charge on any atom is -0.376 e. The molecule has 1 aliphatic heterocycles. The Morgan fingerprint density at radius 1 is 1.03 bits per heavy atom. The highest BCUT2D eigenvalue weighted by Crippen LogP contribution is 2.28. The van der Waals surface area contributed by atoms with Gasteiger partial charge in [0, 0.05) is 12.2 Å². The molecule has 2 aromatic heterocycles. The Balaban J connectivity index is 1.41. The molecular formula is C21H20FN7OS. The molecule has 0 unspecified atom stereocenters. The molecule has 8 nitrogen and oxygen atoms in total. The molecule has 1 fully saturated rings. The molecule has 10 heteroatoms. The summed E-state index contributed by atoms with van der Waals surface area (Å²) in [7, 11) is 0. The monoisotopic (exact) mass is 437 g/mol. The van der Waals surface area contributed by atoms with Crippen LogP contribution in [0.2, 0.25) is 0 Å². The summed E-state index contributed by atoms with van der Waals surface area (Å²) in [6, 6.07) is 16.1. The highest BCUT2D eigenvalue weighted by Gasteiger charge is 2.22. The topological polar surface area (TPSA) is 83.5 Å². The summed E-state index contributed by atoms with van der Waals surface area (Å²) in [5.41, 5.74) is 1.71. The van der Waals surface area contributed by atoms with E-state index in [0.29, 0.717) is 23.9 Å². The molecule has 0 amide bonds. The first-order valence-corrected chi connectivity index (χ1v) is 11.0. The van der Waals surface area contributed by atoms with E-state index in [1.54, 1.807) is 16.8 Å². The first kappa shape index (κ1) is 19.8. The molecule has 0 N–H and O–H groups in total.